The van der Waals surface area contributed by atoms with Crippen LogP contribution in [0.3, 0.4) is 0 Å². The van der Waals surface area contributed by atoms with Crippen LogP contribution < -0.4 is 0 Å². The second kappa shape index (κ2) is 7.66. The van der Waals surface area contributed by atoms with Crippen molar-refractivity contribution < 1.29 is 14.3 Å². The van der Waals surface area contributed by atoms with Gasteiger partial charge in [-0.2, -0.15) is 0 Å². The van der Waals surface area contributed by atoms with E-state index in [9.17, 15) is 4.79 Å². The lowest BCUT2D eigenvalue weighted by atomic mass is 10.0. The molecule has 1 aliphatic rings. The third kappa shape index (κ3) is 5.50. The summed E-state index contributed by atoms with van der Waals surface area (Å²) in [6, 6.07) is 0. The molecule has 0 N–H and O–H groups in total. The molecular weight excluding hydrogens is 204 g/mol. The van der Waals surface area contributed by atoms with E-state index in [1.54, 1.807) is 0 Å². The summed E-state index contributed by atoms with van der Waals surface area (Å²) in [4.78, 5) is 10.8. The molecular formula is C13H24O3. The first-order valence-electron chi connectivity index (χ1n) is 6.51. The molecule has 0 aromatic rings. The Hall–Kier alpha value is -0.570. The highest BCUT2D eigenvalue weighted by molar-refractivity contribution is 5.66. The topological polar surface area (TPSA) is 35.5 Å². The molecule has 1 aliphatic heterocycles. The fourth-order valence-electron chi connectivity index (χ4n) is 2.14. The lowest BCUT2D eigenvalue weighted by Gasteiger charge is -2.28. The molecule has 1 fully saturated rings. The number of ether oxygens (including phenoxy) is 2. The normalized spacial score (nSPS) is 25.4. The van der Waals surface area contributed by atoms with Gasteiger partial charge in [-0.1, -0.05) is 32.6 Å². The van der Waals surface area contributed by atoms with Gasteiger partial charge >= 0.3 is 5.97 Å². The Bertz CT molecular complexity index is 195. The molecule has 0 bridgehead atoms. The van der Waals surface area contributed by atoms with Crippen molar-refractivity contribution in [1.29, 1.82) is 0 Å². The van der Waals surface area contributed by atoms with Crippen molar-refractivity contribution in [3.63, 3.8) is 0 Å². The van der Waals surface area contributed by atoms with Gasteiger partial charge in [0.2, 0.25) is 0 Å². The van der Waals surface area contributed by atoms with Crippen LogP contribution in [0.25, 0.3) is 0 Å². The molecule has 0 saturated carbocycles. The van der Waals surface area contributed by atoms with Gasteiger partial charge in [0.15, 0.2) is 0 Å². The number of rotatable bonds is 6. The van der Waals surface area contributed by atoms with Crippen LogP contribution >= 0.6 is 0 Å². The van der Waals surface area contributed by atoms with Gasteiger partial charge in [-0.3, -0.25) is 4.79 Å². The van der Waals surface area contributed by atoms with E-state index >= 15 is 0 Å². The molecule has 0 amide bonds. The van der Waals surface area contributed by atoms with E-state index < -0.39 is 0 Å². The maximum atomic E-state index is 10.8. The van der Waals surface area contributed by atoms with Crippen molar-refractivity contribution in [2.75, 3.05) is 6.61 Å². The van der Waals surface area contributed by atoms with Gasteiger partial charge in [-0.05, 0) is 19.3 Å². The molecule has 94 valence electrons. The van der Waals surface area contributed by atoms with Gasteiger partial charge in [0, 0.05) is 6.92 Å². The molecule has 1 rings (SSSR count). The number of hydrogen-bond acceptors (Lipinski definition) is 3. The zero-order valence-corrected chi connectivity index (χ0v) is 10.5. The Balaban J connectivity index is 2.05. The van der Waals surface area contributed by atoms with Gasteiger partial charge in [0.05, 0.1) is 12.7 Å². The third-order valence-corrected chi connectivity index (χ3v) is 3.04. The molecule has 0 unspecified atom stereocenters. The SMILES string of the molecule is CCCCCC[C@H]1CC[C@@H](OC(C)=O)CO1. The minimum Gasteiger partial charge on any atom is -0.460 e. The second-order valence-electron chi connectivity index (χ2n) is 4.61. The van der Waals surface area contributed by atoms with E-state index in [1.165, 1.54) is 32.6 Å². The maximum absolute atomic E-state index is 10.8. The smallest absolute Gasteiger partial charge is 0.302 e. The molecule has 3 nitrogen and oxygen atoms in total. The standard InChI is InChI=1S/C13H24O3/c1-3-4-5-6-7-12-8-9-13(10-15-12)16-11(2)14/h12-13H,3-10H2,1-2H3/t12-,13+/m0/s1. The summed E-state index contributed by atoms with van der Waals surface area (Å²) in [6.07, 6.45) is 8.70. The molecule has 16 heavy (non-hydrogen) atoms. The summed E-state index contributed by atoms with van der Waals surface area (Å²) in [7, 11) is 0. The monoisotopic (exact) mass is 228 g/mol. The molecule has 2 atom stereocenters. The largest absolute Gasteiger partial charge is 0.460 e. The van der Waals surface area contributed by atoms with Crippen LogP contribution in [-0.4, -0.2) is 24.8 Å². The third-order valence-electron chi connectivity index (χ3n) is 3.04. The summed E-state index contributed by atoms with van der Waals surface area (Å²) in [5, 5.41) is 0. The number of unbranched alkanes of at least 4 members (excludes halogenated alkanes) is 3. The van der Waals surface area contributed by atoms with E-state index in [0.29, 0.717) is 12.7 Å². The number of carbonyl (C=O) groups excluding carboxylic acids is 1. The van der Waals surface area contributed by atoms with Crippen LogP contribution in [0.15, 0.2) is 0 Å². The molecule has 0 aromatic carbocycles. The molecule has 3 heteroatoms. The second-order valence-corrected chi connectivity index (χ2v) is 4.61. The molecule has 1 heterocycles. The van der Waals surface area contributed by atoms with E-state index in [0.717, 1.165) is 19.3 Å². The van der Waals surface area contributed by atoms with Crippen LogP contribution in [0.4, 0.5) is 0 Å². The van der Waals surface area contributed by atoms with Gasteiger partial charge in [0.25, 0.3) is 0 Å². The highest BCUT2D eigenvalue weighted by atomic mass is 16.6. The van der Waals surface area contributed by atoms with Crippen molar-refractivity contribution in [1.82, 2.24) is 0 Å². The first-order chi connectivity index (χ1) is 7.72. The average molecular weight is 228 g/mol. The Morgan fingerprint density at radius 3 is 2.69 bits per heavy atom. The number of esters is 1. The summed E-state index contributed by atoms with van der Waals surface area (Å²) < 4.78 is 10.8. The van der Waals surface area contributed by atoms with Crippen molar-refractivity contribution in [3.8, 4) is 0 Å². The minimum atomic E-state index is -0.199. The zero-order chi connectivity index (χ0) is 11.8. The van der Waals surface area contributed by atoms with E-state index in [4.69, 9.17) is 9.47 Å². The fraction of sp³-hybridized carbons (Fsp3) is 0.923. The number of carbonyl (C=O) groups is 1. The highest BCUT2D eigenvalue weighted by Crippen LogP contribution is 2.20. The molecule has 0 spiro atoms. The van der Waals surface area contributed by atoms with Crippen LogP contribution in [0.5, 0.6) is 0 Å². The molecule has 0 radical (unpaired) electrons. The van der Waals surface area contributed by atoms with E-state index in [1.807, 2.05) is 0 Å². The molecule has 1 saturated heterocycles. The summed E-state index contributed by atoms with van der Waals surface area (Å²) in [5.74, 6) is -0.199. The fourth-order valence-corrected chi connectivity index (χ4v) is 2.14. The lowest BCUT2D eigenvalue weighted by molar-refractivity contribution is -0.156. The van der Waals surface area contributed by atoms with Crippen LogP contribution in [0.1, 0.15) is 58.8 Å². The Kier molecular flexibility index (Phi) is 6.46. The number of hydrogen-bond donors (Lipinski definition) is 0. The quantitative estimate of drug-likeness (QED) is 0.517. The Labute approximate surface area is 98.5 Å². The summed E-state index contributed by atoms with van der Waals surface area (Å²) in [5.41, 5.74) is 0. The van der Waals surface area contributed by atoms with Crippen molar-refractivity contribution in [2.45, 2.75) is 71.0 Å². The Morgan fingerprint density at radius 2 is 2.12 bits per heavy atom. The van der Waals surface area contributed by atoms with Gasteiger partial charge < -0.3 is 9.47 Å². The van der Waals surface area contributed by atoms with Gasteiger partial charge in [-0.25, -0.2) is 0 Å². The van der Waals surface area contributed by atoms with Gasteiger partial charge in [0.1, 0.15) is 6.10 Å². The minimum absolute atomic E-state index is 0.00982. The highest BCUT2D eigenvalue weighted by Gasteiger charge is 2.22. The van der Waals surface area contributed by atoms with Crippen LogP contribution in [0, 0.1) is 0 Å². The predicted octanol–water partition coefficient (Wildman–Crippen LogP) is 3.07. The lowest BCUT2D eigenvalue weighted by Crippen LogP contribution is -2.32. The van der Waals surface area contributed by atoms with Crippen LogP contribution in [0.2, 0.25) is 0 Å². The first-order valence-corrected chi connectivity index (χ1v) is 6.51. The van der Waals surface area contributed by atoms with Gasteiger partial charge in [-0.15, -0.1) is 0 Å². The van der Waals surface area contributed by atoms with Crippen molar-refractivity contribution >= 4 is 5.97 Å². The summed E-state index contributed by atoms with van der Waals surface area (Å²) in [6.45, 7) is 4.26. The average Bonchev–Trinajstić information content (AvgIpc) is 2.26. The Morgan fingerprint density at radius 1 is 1.31 bits per heavy atom. The predicted molar refractivity (Wildman–Crippen MR) is 63.3 cm³/mol. The first kappa shape index (κ1) is 13.5. The zero-order valence-electron chi connectivity index (χ0n) is 10.5. The molecule has 0 aromatic heterocycles. The van der Waals surface area contributed by atoms with Crippen molar-refractivity contribution in [3.05, 3.63) is 0 Å². The van der Waals surface area contributed by atoms with E-state index in [-0.39, 0.29) is 12.1 Å². The van der Waals surface area contributed by atoms with Crippen LogP contribution in [-0.2, 0) is 14.3 Å². The van der Waals surface area contributed by atoms with E-state index in [2.05, 4.69) is 6.92 Å². The van der Waals surface area contributed by atoms with Crippen molar-refractivity contribution in [2.24, 2.45) is 0 Å². The maximum Gasteiger partial charge on any atom is 0.302 e. The molecule has 0 aliphatic carbocycles. The summed E-state index contributed by atoms with van der Waals surface area (Å²) >= 11 is 0.